The second-order valence-corrected chi connectivity index (χ2v) is 23.1. The van der Waals surface area contributed by atoms with Gasteiger partial charge in [0, 0.05) is 54.8 Å². The van der Waals surface area contributed by atoms with Crippen LogP contribution in [0.15, 0.2) is 64.8 Å². The standard InChI is InChI=1S/C48H62F3N5O5S/c1-43(2)35(30-6-8-32(9-7-30)42(58)61-5)16-20-45(4)38(43)19-21-44(3)36-17-22-46(52-24-25-56-26-28-62(59,60)29-27-56)23-18-37(40(46)34(36)14-15-39(44)45)53-41(57)31-10-12-33(13-11-31)47(54-55-47)48(49,50)51/h6-13,16,34,36-40,52H,14-15,17-29H2,1-5H3,(H,53,57). The first-order chi connectivity index (χ1) is 29.3. The molecule has 0 spiro atoms. The Morgan fingerprint density at radius 2 is 1.50 bits per heavy atom. The Hall–Kier alpha value is -3.62. The van der Waals surface area contributed by atoms with Gasteiger partial charge in [-0.25, -0.2) is 13.2 Å². The number of benzene rings is 2. The smallest absolute Gasteiger partial charge is 0.442 e. The third-order valence-electron chi connectivity index (χ3n) is 17.7. The largest absolute Gasteiger partial charge is 0.465 e. The Morgan fingerprint density at radius 3 is 2.15 bits per heavy atom. The van der Waals surface area contributed by atoms with E-state index in [-0.39, 0.29) is 62.7 Å². The van der Waals surface area contributed by atoms with Gasteiger partial charge in [0.15, 0.2) is 9.84 Å². The summed E-state index contributed by atoms with van der Waals surface area (Å²) in [6.07, 6.45) is 7.15. The Kier molecular flexibility index (Phi) is 10.7. The van der Waals surface area contributed by atoms with E-state index in [4.69, 9.17) is 4.74 Å². The van der Waals surface area contributed by atoms with Crippen LogP contribution in [0.25, 0.3) is 5.57 Å². The zero-order valence-electron chi connectivity index (χ0n) is 36.7. The Morgan fingerprint density at radius 1 is 0.839 bits per heavy atom. The first-order valence-corrected chi connectivity index (χ1v) is 24.6. The molecule has 14 heteroatoms. The van der Waals surface area contributed by atoms with Gasteiger partial charge in [0.2, 0.25) is 0 Å². The van der Waals surface area contributed by atoms with Crippen molar-refractivity contribution in [3.8, 4) is 0 Å². The second kappa shape index (κ2) is 15.2. The van der Waals surface area contributed by atoms with E-state index in [1.54, 1.807) is 0 Å². The predicted octanol–water partition coefficient (Wildman–Crippen LogP) is 8.59. The van der Waals surface area contributed by atoms with Gasteiger partial charge in [-0.15, -0.1) is 10.2 Å². The van der Waals surface area contributed by atoms with Gasteiger partial charge in [-0.05, 0) is 133 Å². The van der Waals surface area contributed by atoms with Crippen molar-refractivity contribution in [1.82, 2.24) is 15.5 Å². The van der Waals surface area contributed by atoms with Gasteiger partial charge in [-0.3, -0.25) is 4.79 Å². The molecule has 9 unspecified atom stereocenters. The molecule has 2 aromatic rings. The third kappa shape index (κ3) is 7.07. The SMILES string of the molecule is COC(=O)c1ccc(C2=CCC3(C)C(CCC4(C)C5CCC6(NCCN7CCS(=O)(=O)CC7)CCC(NC(=O)c7ccc(C8(C(F)(F)F)N=N8)cc7)C6C5CCC43)C2(C)C)cc1. The lowest BCUT2D eigenvalue weighted by molar-refractivity contribution is -0.174. The van der Waals surface area contributed by atoms with Crippen LogP contribution in [-0.4, -0.2) is 87.7 Å². The molecular formula is C48H62F3N5O5S. The van der Waals surface area contributed by atoms with E-state index in [9.17, 15) is 31.2 Å². The lowest BCUT2D eigenvalue weighted by Crippen LogP contribution is -2.65. The summed E-state index contributed by atoms with van der Waals surface area (Å²) < 4.78 is 70.5. The first-order valence-electron chi connectivity index (χ1n) is 22.8. The minimum Gasteiger partial charge on any atom is -0.465 e. The van der Waals surface area contributed by atoms with Crippen LogP contribution in [0.5, 0.6) is 0 Å². The fourth-order valence-electron chi connectivity index (χ4n) is 14.7. The van der Waals surface area contributed by atoms with Crippen LogP contribution in [0.2, 0.25) is 0 Å². The van der Waals surface area contributed by atoms with Gasteiger partial charge in [-0.2, -0.15) is 13.2 Å². The second-order valence-electron chi connectivity index (χ2n) is 20.8. The highest BCUT2D eigenvalue weighted by Gasteiger charge is 2.67. The molecule has 2 aromatic carbocycles. The number of fused-ring (bicyclic) bond motifs is 7. The number of esters is 1. The Labute approximate surface area is 364 Å². The van der Waals surface area contributed by atoms with Gasteiger partial charge < -0.3 is 20.3 Å². The van der Waals surface area contributed by atoms with Gasteiger partial charge in [-0.1, -0.05) is 58.0 Å². The normalized spacial score (nSPS) is 36.5. The lowest BCUT2D eigenvalue weighted by atomic mass is 9.37. The number of hydrogen-bond acceptors (Lipinski definition) is 9. The number of allylic oxidation sites excluding steroid dienone is 2. The minimum absolute atomic E-state index is 0.0727. The van der Waals surface area contributed by atoms with Crippen LogP contribution < -0.4 is 10.6 Å². The topological polar surface area (TPSA) is 130 Å². The van der Waals surface area contributed by atoms with Gasteiger partial charge in [0.1, 0.15) is 0 Å². The highest BCUT2D eigenvalue weighted by atomic mass is 32.2. The maximum Gasteiger partial charge on any atom is 0.442 e. The van der Waals surface area contributed by atoms with Gasteiger partial charge in [0.25, 0.3) is 5.91 Å². The molecule has 9 atom stereocenters. The van der Waals surface area contributed by atoms with E-state index in [0.717, 1.165) is 76.4 Å². The molecule has 5 fully saturated rings. The molecule has 7 aliphatic rings. The van der Waals surface area contributed by atoms with Crippen LogP contribution in [0.4, 0.5) is 13.2 Å². The Balaban J connectivity index is 0.968. The molecule has 2 heterocycles. The molecule has 1 amide bonds. The first kappa shape index (κ1) is 43.6. The van der Waals surface area contributed by atoms with Gasteiger partial charge in [0.05, 0.1) is 24.2 Å². The van der Waals surface area contributed by atoms with Crippen molar-refractivity contribution in [3.05, 3.63) is 76.9 Å². The van der Waals surface area contributed by atoms with Crippen LogP contribution in [0, 0.1) is 45.8 Å². The van der Waals surface area contributed by atoms with Gasteiger partial charge >= 0.3 is 17.8 Å². The lowest BCUT2D eigenvalue weighted by Gasteiger charge is -2.68. The molecule has 4 saturated carbocycles. The number of carbonyl (C=O) groups excluding carboxylic acids is 2. The summed E-state index contributed by atoms with van der Waals surface area (Å²) in [5.41, 5.74) is 0.714. The quantitative estimate of drug-likeness (QED) is 0.242. The molecule has 10 nitrogen and oxygen atoms in total. The summed E-state index contributed by atoms with van der Waals surface area (Å²) in [6, 6.07) is 13.3. The van der Waals surface area contributed by atoms with Crippen LogP contribution in [0.3, 0.4) is 0 Å². The van der Waals surface area contributed by atoms with Crippen LogP contribution >= 0.6 is 0 Å². The molecule has 5 aliphatic carbocycles. The number of hydrogen-bond donors (Lipinski definition) is 2. The van der Waals surface area contributed by atoms with Crippen molar-refractivity contribution in [2.45, 2.75) is 109 Å². The number of nitrogens with zero attached hydrogens (tertiary/aromatic N) is 3. The van der Waals surface area contributed by atoms with E-state index in [1.165, 1.54) is 36.9 Å². The maximum atomic E-state index is 14.0. The molecule has 0 bridgehead atoms. The van der Waals surface area contributed by atoms with E-state index in [1.807, 2.05) is 12.1 Å². The maximum absolute atomic E-state index is 14.0. The highest BCUT2D eigenvalue weighted by Crippen LogP contribution is 2.72. The molecule has 0 radical (unpaired) electrons. The number of rotatable bonds is 9. The van der Waals surface area contributed by atoms with E-state index in [2.05, 4.69) is 71.7 Å². The number of nitrogens with one attached hydrogen (secondary N) is 2. The van der Waals surface area contributed by atoms with Crippen molar-refractivity contribution in [1.29, 1.82) is 0 Å². The predicted molar refractivity (Wildman–Crippen MR) is 231 cm³/mol. The number of amides is 1. The van der Waals surface area contributed by atoms with Crippen molar-refractivity contribution in [2.75, 3.05) is 44.8 Å². The molecular weight excluding hydrogens is 816 g/mol. The average Bonchev–Trinajstić information content (AvgIpc) is 3.98. The van der Waals surface area contributed by atoms with Crippen molar-refractivity contribution >= 4 is 27.3 Å². The molecule has 336 valence electrons. The van der Waals surface area contributed by atoms with E-state index in [0.29, 0.717) is 47.9 Å². The summed E-state index contributed by atoms with van der Waals surface area (Å²) in [4.78, 5) is 28.5. The average molecular weight is 878 g/mol. The molecule has 0 aromatic heterocycles. The summed E-state index contributed by atoms with van der Waals surface area (Å²) in [7, 11) is -1.57. The summed E-state index contributed by atoms with van der Waals surface area (Å²) in [5.74, 6) is 1.82. The van der Waals surface area contributed by atoms with Crippen molar-refractivity contribution in [3.63, 3.8) is 0 Å². The van der Waals surface area contributed by atoms with E-state index >= 15 is 0 Å². The highest BCUT2D eigenvalue weighted by molar-refractivity contribution is 7.91. The van der Waals surface area contributed by atoms with E-state index < -0.39 is 21.7 Å². The molecule has 9 rings (SSSR count). The fraction of sp³-hybridized carbons (Fsp3) is 0.667. The molecule has 2 N–H and O–H groups in total. The van der Waals surface area contributed by atoms with Crippen molar-refractivity contribution in [2.24, 2.45) is 56.1 Å². The molecule has 2 aliphatic heterocycles. The van der Waals surface area contributed by atoms with Crippen LogP contribution in [0.1, 0.15) is 117 Å². The number of carbonyl (C=O) groups is 2. The van der Waals surface area contributed by atoms with Crippen LogP contribution in [-0.2, 0) is 20.2 Å². The number of ether oxygens (including phenoxy) is 1. The number of sulfone groups is 1. The third-order valence-corrected chi connectivity index (χ3v) is 19.3. The number of halogens is 3. The molecule has 62 heavy (non-hydrogen) atoms. The number of alkyl halides is 3. The summed E-state index contributed by atoms with van der Waals surface area (Å²) in [5, 5.41) is 14.1. The monoisotopic (exact) mass is 877 g/mol. The molecule has 1 saturated heterocycles. The zero-order valence-corrected chi connectivity index (χ0v) is 37.5. The minimum atomic E-state index is -4.64. The summed E-state index contributed by atoms with van der Waals surface area (Å²) in [6.45, 7) is 12.6. The van der Waals surface area contributed by atoms with Crippen molar-refractivity contribution < 1.29 is 35.9 Å². The zero-order chi connectivity index (χ0) is 44.1. The Bertz CT molecular complexity index is 2240. The number of methoxy groups -OCH3 is 1. The fourth-order valence-corrected chi connectivity index (χ4v) is 16.0. The summed E-state index contributed by atoms with van der Waals surface area (Å²) >= 11 is 0.